The van der Waals surface area contributed by atoms with E-state index in [9.17, 15) is 24.5 Å². The zero-order chi connectivity index (χ0) is 29.8. The fourth-order valence-electron chi connectivity index (χ4n) is 4.34. The van der Waals surface area contributed by atoms with Crippen LogP contribution in [-0.4, -0.2) is 40.3 Å². The lowest BCUT2D eigenvalue weighted by Gasteiger charge is -2.28. The van der Waals surface area contributed by atoms with Crippen LogP contribution >= 0.6 is 23.2 Å². The standard InChI is InChI=1S/C29H44Cl2N2O7/c1-3-4-5-6-7-8-9-10-11-12-13-14-15-16-26(35)39-21-25(32-29(36)28(30)31)27(40-22(2)34)23-17-19-24(20-18-23)33(37)38/h17-20,25,27-28H,3-16,21H2,1-2H3,(H,32,36)/t25-,27-/m1/s1. The summed E-state index contributed by atoms with van der Waals surface area (Å²) in [7, 11) is 0. The minimum Gasteiger partial charge on any atom is -0.463 e. The highest BCUT2D eigenvalue weighted by Gasteiger charge is 2.31. The molecule has 0 aliphatic carbocycles. The minimum atomic E-state index is -1.40. The maximum atomic E-state index is 12.4. The van der Waals surface area contributed by atoms with Crippen molar-refractivity contribution in [2.24, 2.45) is 0 Å². The van der Waals surface area contributed by atoms with Gasteiger partial charge in [-0.3, -0.25) is 24.5 Å². The van der Waals surface area contributed by atoms with Gasteiger partial charge in [-0.2, -0.15) is 0 Å². The number of halogens is 2. The van der Waals surface area contributed by atoms with Crippen LogP contribution in [0.1, 0.15) is 115 Å². The number of nitrogens with one attached hydrogen (secondary N) is 1. The number of amides is 1. The fourth-order valence-corrected chi connectivity index (χ4v) is 4.47. The van der Waals surface area contributed by atoms with Crippen molar-refractivity contribution >= 4 is 46.7 Å². The van der Waals surface area contributed by atoms with Gasteiger partial charge in [0, 0.05) is 25.5 Å². The van der Waals surface area contributed by atoms with E-state index in [1.54, 1.807) is 0 Å². The second kappa shape index (κ2) is 21.4. The number of hydrogen-bond acceptors (Lipinski definition) is 7. The molecule has 0 saturated heterocycles. The minimum absolute atomic E-state index is 0.156. The molecular formula is C29H44Cl2N2O7. The number of alkyl halides is 2. The van der Waals surface area contributed by atoms with Gasteiger partial charge in [-0.25, -0.2) is 0 Å². The first kappa shape index (κ1) is 35.6. The van der Waals surface area contributed by atoms with Gasteiger partial charge in [0.15, 0.2) is 10.9 Å². The molecule has 1 rings (SSSR count). The molecule has 0 aromatic heterocycles. The zero-order valence-corrected chi connectivity index (χ0v) is 25.2. The first-order valence-corrected chi connectivity index (χ1v) is 15.2. The maximum absolute atomic E-state index is 12.4. The molecule has 1 N–H and O–H groups in total. The molecule has 2 atom stereocenters. The summed E-state index contributed by atoms with van der Waals surface area (Å²) in [6, 6.07) is 4.28. The number of carbonyl (C=O) groups is 3. The van der Waals surface area contributed by atoms with E-state index in [1.807, 2.05) is 0 Å². The van der Waals surface area contributed by atoms with E-state index in [4.69, 9.17) is 32.7 Å². The monoisotopic (exact) mass is 602 g/mol. The zero-order valence-electron chi connectivity index (χ0n) is 23.7. The first-order valence-electron chi connectivity index (χ1n) is 14.3. The van der Waals surface area contributed by atoms with Gasteiger partial charge in [0.05, 0.1) is 4.92 Å². The number of nitro groups is 1. The van der Waals surface area contributed by atoms with Crippen LogP contribution in [0.15, 0.2) is 24.3 Å². The highest BCUT2D eigenvalue weighted by Crippen LogP contribution is 2.25. The predicted octanol–water partition coefficient (Wildman–Crippen LogP) is 7.51. The summed E-state index contributed by atoms with van der Waals surface area (Å²) in [6.07, 6.45) is 14.7. The Labute approximate surface area is 247 Å². The third kappa shape index (κ3) is 16.0. The molecule has 0 aliphatic rings. The molecule has 0 heterocycles. The van der Waals surface area contributed by atoms with Gasteiger partial charge in [0.2, 0.25) is 0 Å². The Morgan fingerprint density at radius 2 is 1.38 bits per heavy atom. The van der Waals surface area contributed by atoms with Gasteiger partial charge in [-0.1, -0.05) is 107 Å². The van der Waals surface area contributed by atoms with Crippen LogP contribution in [0.25, 0.3) is 0 Å². The van der Waals surface area contributed by atoms with E-state index in [1.165, 1.54) is 89.0 Å². The van der Waals surface area contributed by atoms with Gasteiger partial charge in [-0.05, 0) is 24.1 Å². The summed E-state index contributed by atoms with van der Waals surface area (Å²) < 4.78 is 10.8. The average Bonchev–Trinajstić information content (AvgIpc) is 2.92. The highest BCUT2D eigenvalue weighted by molar-refractivity contribution is 6.53. The van der Waals surface area contributed by atoms with E-state index in [0.717, 1.165) is 19.3 Å². The Hall–Kier alpha value is -2.39. The number of nitrogens with zero attached hydrogens (tertiary/aromatic N) is 1. The lowest BCUT2D eigenvalue weighted by atomic mass is 10.0. The van der Waals surface area contributed by atoms with Gasteiger partial charge < -0.3 is 14.8 Å². The lowest BCUT2D eigenvalue weighted by Crippen LogP contribution is -2.46. The van der Waals surface area contributed by atoms with Crippen LogP contribution in [-0.2, 0) is 23.9 Å². The van der Waals surface area contributed by atoms with Crippen molar-refractivity contribution in [1.82, 2.24) is 5.32 Å². The molecule has 0 unspecified atom stereocenters. The number of ether oxygens (including phenoxy) is 2. The smallest absolute Gasteiger partial charge is 0.305 e. The maximum Gasteiger partial charge on any atom is 0.305 e. The van der Waals surface area contributed by atoms with Crippen molar-refractivity contribution in [2.75, 3.05) is 6.61 Å². The van der Waals surface area contributed by atoms with Gasteiger partial charge >= 0.3 is 11.9 Å². The quantitative estimate of drug-likeness (QED) is 0.0478. The molecule has 9 nitrogen and oxygen atoms in total. The van der Waals surface area contributed by atoms with Crippen LogP contribution in [0.3, 0.4) is 0 Å². The average molecular weight is 604 g/mol. The Morgan fingerprint density at radius 3 is 1.82 bits per heavy atom. The molecule has 40 heavy (non-hydrogen) atoms. The van der Waals surface area contributed by atoms with E-state index in [-0.39, 0.29) is 18.7 Å². The molecule has 0 spiro atoms. The SMILES string of the molecule is CCCCCCCCCCCCCCCC(=O)OC[C@@H](NC(=O)C(Cl)Cl)[C@H](OC(C)=O)c1ccc([N+](=O)[O-])cc1. The molecule has 1 aromatic rings. The van der Waals surface area contributed by atoms with Crippen molar-refractivity contribution in [3.63, 3.8) is 0 Å². The largest absolute Gasteiger partial charge is 0.463 e. The number of unbranched alkanes of at least 4 members (excludes halogenated alkanes) is 12. The predicted molar refractivity (Wildman–Crippen MR) is 156 cm³/mol. The summed E-state index contributed by atoms with van der Waals surface area (Å²) in [5.74, 6) is -1.87. The summed E-state index contributed by atoms with van der Waals surface area (Å²) in [4.78, 5) is 45.5. The molecule has 1 amide bonds. The Bertz CT molecular complexity index is 897. The van der Waals surface area contributed by atoms with Gasteiger partial charge in [0.1, 0.15) is 12.6 Å². The number of hydrogen-bond donors (Lipinski definition) is 1. The number of esters is 2. The van der Waals surface area contributed by atoms with Crippen molar-refractivity contribution in [2.45, 2.75) is 121 Å². The fraction of sp³-hybridized carbons (Fsp3) is 0.690. The first-order chi connectivity index (χ1) is 19.1. The molecular weight excluding hydrogens is 559 g/mol. The van der Waals surface area contributed by atoms with Crippen molar-refractivity contribution in [1.29, 1.82) is 0 Å². The molecule has 0 fully saturated rings. The van der Waals surface area contributed by atoms with Gasteiger partial charge in [0.25, 0.3) is 11.6 Å². The Morgan fingerprint density at radius 1 is 0.875 bits per heavy atom. The third-order valence-electron chi connectivity index (χ3n) is 6.53. The lowest BCUT2D eigenvalue weighted by molar-refractivity contribution is -0.384. The molecule has 11 heteroatoms. The molecule has 0 bridgehead atoms. The highest BCUT2D eigenvalue weighted by atomic mass is 35.5. The Balaban J connectivity index is 2.52. The van der Waals surface area contributed by atoms with E-state index in [2.05, 4.69) is 12.2 Å². The number of nitro benzene ring substituents is 1. The number of non-ortho nitro benzene ring substituents is 1. The van der Waals surface area contributed by atoms with Gasteiger partial charge in [-0.15, -0.1) is 0 Å². The van der Waals surface area contributed by atoms with E-state index >= 15 is 0 Å². The van der Waals surface area contributed by atoms with Crippen LogP contribution in [0.5, 0.6) is 0 Å². The summed E-state index contributed by atoms with van der Waals surface area (Å²) in [6.45, 7) is 3.11. The number of carbonyl (C=O) groups excluding carboxylic acids is 3. The van der Waals surface area contributed by atoms with Crippen LogP contribution < -0.4 is 5.32 Å². The van der Waals surface area contributed by atoms with E-state index in [0.29, 0.717) is 12.0 Å². The normalized spacial score (nSPS) is 12.5. The molecule has 0 aliphatic heterocycles. The second-order valence-electron chi connectivity index (χ2n) is 9.97. The van der Waals surface area contributed by atoms with Crippen molar-refractivity contribution in [3.8, 4) is 0 Å². The molecule has 0 radical (unpaired) electrons. The topological polar surface area (TPSA) is 125 Å². The summed E-state index contributed by atoms with van der Waals surface area (Å²) in [5.41, 5.74) is 0.205. The number of rotatable bonds is 22. The van der Waals surface area contributed by atoms with Crippen LogP contribution in [0, 0.1) is 10.1 Å². The molecule has 1 aromatic carbocycles. The third-order valence-corrected chi connectivity index (χ3v) is 6.92. The second-order valence-corrected chi connectivity index (χ2v) is 11.1. The molecule has 226 valence electrons. The van der Waals surface area contributed by atoms with Crippen molar-refractivity contribution < 1.29 is 28.8 Å². The van der Waals surface area contributed by atoms with Crippen molar-refractivity contribution in [3.05, 3.63) is 39.9 Å². The van der Waals surface area contributed by atoms with E-state index < -0.39 is 39.8 Å². The molecule has 0 saturated carbocycles. The summed E-state index contributed by atoms with van der Waals surface area (Å²) >= 11 is 11.4. The number of benzene rings is 1. The van der Waals surface area contributed by atoms with Crippen LogP contribution in [0.2, 0.25) is 0 Å². The summed E-state index contributed by atoms with van der Waals surface area (Å²) in [5, 5.41) is 13.5. The van der Waals surface area contributed by atoms with Crippen LogP contribution in [0.4, 0.5) is 5.69 Å². The Kier molecular flexibility index (Phi) is 19.0.